The minimum atomic E-state index is -1.95. The Balaban J connectivity index is 1.63. The average molecular weight is 347 g/mol. The largest absolute Gasteiger partial charge is 0.373 e. The van der Waals surface area contributed by atoms with Gasteiger partial charge in [0.05, 0.1) is 0 Å². The molecule has 0 saturated carbocycles. The molecule has 1 aliphatic heterocycles. The highest BCUT2D eigenvalue weighted by Crippen LogP contribution is 2.30. The van der Waals surface area contributed by atoms with E-state index in [-0.39, 0.29) is 19.4 Å². The van der Waals surface area contributed by atoms with Crippen LogP contribution in [0.4, 0.5) is 10.1 Å². The van der Waals surface area contributed by atoms with Crippen LogP contribution in [-0.4, -0.2) is 28.9 Å². The van der Waals surface area contributed by atoms with Gasteiger partial charge in [0, 0.05) is 30.0 Å². The van der Waals surface area contributed by atoms with Crippen molar-refractivity contribution in [2.75, 3.05) is 11.4 Å². The lowest BCUT2D eigenvalue weighted by Crippen LogP contribution is -2.46. The van der Waals surface area contributed by atoms with Crippen molar-refractivity contribution < 1.29 is 19.1 Å². The molecule has 0 bridgehead atoms. The second-order valence-electron chi connectivity index (χ2n) is 5.90. The van der Waals surface area contributed by atoms with Gasteiger partial charge in [-0.2, -0.15) is 0 Å². The normalized spacial score (nSPS) is 20.6. The number of Topliss-reactive ketones (excluding diaryl/α,β-unsaturated/α-hetero) is 1. The summed E-state index contributed by atoms with van der Waals surface area (Å²) in [6.45, 7) is 0.248. The van der Waals surface area contributed by atoms with Gasteiger partial charge < -0.3 is 10.0 Å². The lowest BCUT2D eigenvalue weighted by atomic mass is 9.93. The molecule has 126 valence electrons. The minimum Gasteiger partial charge on any atom is -0.373 e. The fourth-order valence-electron chi connectivity index (χ4n) is 2.92. The summed E-state index contributed by atoms with van der Waals surface area (Å²) < 4.78 is 13.0. The first kappa shape index (κ1) is 16.8. The Labute approximate surface area is 143 Å². The molecule has 0 aliphatic carbocycles. The van der Waals surface area contributed by atoms with E-state index in [1.54, 1.807) is 11.3 Å². The summed E-state index contributed by atoms with van der Waals surface area (Å²) in [4.78, 5) is 27.4. The zero-order valence-electron chi connectivity index (χ0n) is 13.1. The van der Waals surface area contributed by atoms with Crippen LogP contribution >= 0.6 is 11.3 Å². The third-order valence-electron chi connectivity index (χ3n) is 4.30. The summed E-state index contributed by atoms with van der Waals surface area (Å²) in [7, 11) is 0. The molecule has 0 radical (unpaired) electrons. The maximum atomic E-state index is 13.0. The van der Waals surface area contributed by atoms with Crippen LogP contribution in [0.25, 0.3) is 0 Å². The van der Waals surface area contributed by atoms with Crippen LogP contribution in [0.2, 0.25) is 0 Å². The van der Waals surface area contributed by atoms with Gasteiger partial charge in [0.1, 0.15) is 5.82 Å². The molecule has 0 unspecified atom stereocenters. The number of carbonyl (C=O) groups is 2. The maximum Gasteiger partial charge on any atom is 0.266 e. The first-order chi connectivity index (χ1) is 11.5. The second kappa shape index (κ2) is 6.83. The standard InChI is InChI=1S/C18H18FNO3S/c19-13-6-8-14(9-7-13)20-11-10-18(23,17(20)22)16(21)5-1-3-15-4-2-12-24-15/h2,4,6-9,12,23H,1,3,5,10-11H2/t18-/m0/s1. The highest BCUT2D eigenvalue weighted by Gasteiger charge is 2.50. The second-order valence-corrected chi connectivity index (χ2v) is 6.93. The number of ketones is 1. The molecule has 1 amide bonds. The molecule has 1 atom stereocenters. The predicted molar refractivity (Wildman–Crippen MR) is 90.6 cm³/mol. The van der Waals surface area contributed by atoms with Crippen molar-refractivity contribution in [3.8, 4) is 0 Å². The molecular weight excluding hydrogens is 329 g/mol. The molecule has 3 rings (SSSR count). The first-order valence-electron chi connectivity index (χ1n) is 7.86. The van der Waals surface area contributed by atoms with E-state index >= 15 is 0 Å². The number of amides is 1. The summed E-state index contributed by atoms with van der Waals surface area (Å²) in [5.74, 6) is -1.45. The van der Waals surface area contributed by atoms with Crippen LogP contribution in [0, 0.1) is 5.82 Å². The molecule has 1 saturated heterocycles. The van der Waals surface area contributed by atoms with Gasteiger partial charge in [0.2, 0.25) is 5.60 Å². The number of rotatable bonds is 6. The summed E-state index contributed by atoms with van der Waals surface area (Å²) in [6.07, 6.45) is 1.60. The molecule has 1 aliphatic rings. The van der Waals surface area contributed by atoms with Crippen molar-refractivity contribution in [3.63, 3.8) is 0 Å². The van der Waals surface area contributed by atoms with E-state index in [1.807, 2.05) is 17.5 Å². The van der Waals surface area contributed by atoms with Gasteiger partial charge in [-0.25, -0.2) is 4.39 Å². The van der Waals surface area contributed by atoms with E-state index in [9.17, 15) is 19.1 Å². The van der Waals surface area contributed by atoms with Crippen molar-refractivity contribution in [3.05, 3.63) is 52.5 Å². The van der Waals surface area contributed by atoms with E-state index in [0.29, 0.717) is 12.1 Å². The molecule has 4 nitrogen and oxygen atoms in total. The van der Waals surface area contributed by atoms with Gasteiger partial charge >= 0.3 is 0 Å². The highest BCUT2D eigenvalue weighted by atomic mass is 32.1. The zero-order chi connectivity index (χ0) is 17.2. The lowest BCUT2D eigenvalue weighted by Gasteiger charge is -2.21. The lowest BCUT2D eigenvalue weighted by molar-refractivity contribution is -0.147. The van der Waals surface area contributed by atoms with Gasteiger partial charge in [-0.05, 0) is 48.6 Å². The Morgan fingerprint density at radius 1 is 1.29 bits per heavy atom. The maximum absolute atomic E-state index is 13.0. The van der Waals surface area contributed by atoms with E-state index < -0.39 is 23.1 Å². The number of nitrogens with zero attached hydrogens (tertiary/aromatic N) is 1. The molecule has 0 spiro atoms. The number of aliphatic hydroxyl groups is 1. The SMILES string of the molecule is O=C(CCCc1cccs1)[C@@]1(O)CCN(c2ccc(F)cc2)C1=O. The van der Waals surface area contributed by atoms with Crippen molar-refractivity contribution in [2.45, 2.75) is 31.3 Å². The van der Waals surface area contributed by atoms with Gasteiger partial charge in [-0.1, -0.05) is 6.07 Å². The Hall–Kier alpha value is -2.05. The fourth-order valence-corrected chi connectivity index (χ4v) is 3.67. The van der Waals surface area contributed by atoms with Crippen molar-refractivity contribution >= 4 is 28.7 Å². The summed E-state index contributed by atoms with van der Waals surface area (Å²) >= 11 is 1.63. The smallest absolute Gasteiger partial charge is 0.266 e. The van der Waals surface area contributed by atoms with Gasteiger partial charge in [0.15, 0.2) is 5.78 Å². The van der Waals surface area contributed by atoms with E-state index in [0.717, 1.165) is 6.42 Å². The number of aryl methyl sites for hydroxylation is 1. The van der Waals surface area contributed by atoms with Crippen LogP contribution in [0.3, 0.4) is 0 Å². The number of thiophene rings is 1. The van der Waals surface area contributed by atoms with Crippen LogP contribution < -0.4 is 4.90 Å². The monoisotopic (exact) mass is 347 g/mol. The van der Waals surface area contributed by atoms with E-state index in [2.05, 4.69) is 0 Å². The molecule has 1 N–H and O–H groups in total. The Morgan fingerprint density at radius 2 is 2.04 bits per heavy atom. The minimum absolute atomic E-state index is 0.0705. The third-order valence-corrected chi connectivity index (χ3v) is 5.24. The molecular formula is C18H18FNO3S. The van der Waals surface area contributed by atoms with Gasteiger partial charge in [-0.3, -0.25) is 9.59 Å². The number of carbonyl (C=O) groups excluding carboxylic acids is 2. The number of hydrogen-bond donors (Lipinski definition) is 1. The van der Waals surface area contributed by atoms with Crippen molar-refractivity contribution in [2.24, 2.45) is 0 Å². The molecule has 2 aromatic rings. The van der Waals surface area contributed by atoms with E-state index in [1.165, 1.54) is 34.0 Å². The van der Waals surface area contributed by atoms with Crippen LogP contribution in [0.15, 0.2) is 41.8 Å². The summed E-state index contributed by atoms with van der Waals surface area (Å²) in [6, 6.07) is 9.41. The quantitative estimate of drug-likeness (QED) is 0.818. The Bertz CT molecular complexity index is 729. The van der Waals surface area contributed by atoms with Gasteiger partial charge in [-0.15, -0.1) is 11.3 Å². The molecule has 2 heterocycles. The number of benzene rings is 1. The Kier molecular flexibility index (Phi) is 4.78. The number of anilines is 1. The predicted octanol–water partition coefficient (Wildman–Crippen LogP) is 2.95. The highest BCUT2D eigenvalue weighted by molar-refractivity contribution is 7.09. The first-order valence-corrected chi connectivity index (χ1v) is 8.74. The summed E-state index contributed by atoms with van der Waals surface area (Å²) in [5, 5.41) is 12.5. The summed E-state index contributed by atoms with van der Waals surface area (Å²) in [5.41, 5.74) is -1.46. The van der Waals surface area contributed by atoms with E-state index in [4.69, 9.17) is 0 Å². The van der Waals surface area contributed by atoms with Crippen molar-refractivity contribution in [1.82, 2.24) is 0 Å². The molecule has 1 aromatic heterocycles. The topological polar surface area (TPSA) is 57.6 Å². The average Bonchev–Trinajstić information content (AvgIpc) is 3.18. The van der Waals surface area contributed by atoms with Crippen LogP contribution in [0.5, 0.6) is 0 Å². The molecule has 24 heavy (non-hydrogen) atoms. The zero-order valence-corrected chi connectivity index (χ0v) is 13.9. The number of hydrogen-bond acceptors (Lipinski definition) is 4. The van der Waals surface area contributed by atoms with Crippen molar-refractivity contribution in [1.29, 1.82) is 0 Å². The Morgan fingerprint density at radius 3 is 2.71 bits per heavy atom. The number of halogens is 1. The molecule has 6 heteroatoms. The third kappa shape index (κ3) is 3.25. The van der Waals surface area contributed by atoms with Crippen LogP contribution in [-0.2, 0) is 16.0 Å². The molecule has 1 aromatic carbocycles. The fraction of sp³-hybridized carbons (Fsp3) is 0.333. The van der Waals surface area contributed by atoms with Crippen LogP contribution in [0.1, 0.15) is 24.1 Å². The van der Waals surface area contributed by atoms with Gasteiger partial charge in [0.25, 0.3) is 5.91 Å². The molecule has 1 fully saturated rings.